The van der Waals surface area contributed by atoms with Gasteiger partial charge in [-0.25, -0.2) is 4.79 Å². The second kappa shape index (κ2) is 9.35. The first-order chi connectivity index (χ1) is 12.8. The van der Waals surface area contributed by atoms with Crippen LogP contribution in [0.2, 0.25) is 0 Å². The van der Waals surface area contributed by atoms with Crippen LogP contribution >= 0.6 is 31.9 Å². The van der Waals surface area contributed by atoms with Crippen molar-refractivity contribution in [1.29, 1.82) is 5.26 Å². The molecule has 0 aromatic heterocycles. The van der Waals surface area contributed by atoms with Crippen LogP contribution in [0.25, 0.3) is 6.08 Å². The van der Waals surface area contributed by atoms with Gasteiger partial charge in [0.05, 0.1) is 8.95 Å². The van der Waals surface area contributed by atoms with Crippen LogP contribution in [0.5, 0.6) is 5.75 Å². The highest BCUT2D eigenvalue weighted by molar-refractivity contribution is 9.11. The molecule has 0 atom stereocenters. The molecule has 0 unspecified atom stereocenters. The zero-order valence-corrected chi connectivity index (χ0v) is 17.4. The Morgan fingerprint density at radius 1 is 1.22 bits per heavy atom. The average molecular weight is 493 g/mol. The number of rotatable bonds is 5. The number of hydrogen-bond donors (Lipinski definition) is 2. The molecule has 2 rings (SSSR count). The normalized spacial score (nSPS) is 10.8. The monoisotopic (exact) mass is 491 g/mol. The lowest BCUT2D eigenvalue weighted by atomic mass is 10.1. The van der Waals surface area contributed by atoms with Crippen molar-refractivity contribution in [3.8, 4) is 11.8 Å². The predicted octanol–water partition coefficient (Wildman–Crippen LogP) is 4.20. The first-order valence-corrected chi connectivity index (χ1v) is 9.28. The van der Waals surface area contributed by atoms with Crippen molar-refractivity contribution in [2.75, 3.05) is 0 Å². The molecule has 0 fully saturated rings. The Balaban J connectivity index is 2.21. The topological polar surface area (TPSA) is 105 Å². The standard InChI is InChI=1S/C19H15Br2N3O3/c1-11-2-4-12(5-3-11)10-27-17-15(20)7-13(8-16(17)21)6-14(9-22)18(25)24-19(23)26/h2-8H,10H2,1H3,(H3,23,24,25,26)/b14-6-. The smallest absolute Gasteiger partial charge is 0.319 e. The fraction of sp³-hybridized carbons (Fsp3) is 0.105. The number of imide groups is 1. The lowest BCUT2D eigenvalue weighted by Gasteiger charge is -2.12. The maximum absolute atomic E-state index is 11.8. The van der Waals surface area contributed by atoms with Gasteiger partial charge in [-0.15, -0.1) is 0 Å². The third kappa shape index (κ3) is 5.94. The van der Waals surface area contributed by atoms with Gasteiger partial charge in [-0.2, -0.15) is 5.26 Å². The SMILES string of the molecule is Cc1ccc(COc2c(Br)cc(/C=C(/C#N)C(=O)NC(N)=O)cc2Br)cc1. The zero-order chi connectivity index (χ0) is 20.0. The summed E-state index contributed by atoms with van der Waals surface area (Å²) in [5.41, 5.74) is 7.41. The van der Waals surface area contributed by atoms with Crippen molar-refractivity contribution in [3.05, 3.63) is 67.6 Å². The number of carbonyl (C=O) groups excluding carboxylic acids is 2. The first kappa shape index (κ1) is 20.7. The molecule has 2 aromatic rings. The van der Waals surface area contributed by atoms with Crippen molar-refractivity contribution in [3.63, 3.8) is 0 Å². The number of nitrogens with zero attached hydrogens (tertiary/aromatic N) is 1. The number of carbonyl (C=O) groups is 2. The van der Waals surface area contributed by atoms with Crippen molar-refractivity contribution in [2.24, 2.45) is 5.73 Å². The van der Waals surface area contributed by atoms with Gasteiger partial charge in [-0.05, 0) is 68.1 Å². The lowest BCUT2D eigenvalue weighted by Crippen LogP contribution is -2.35. The molecule has 0 aliphatic heterocycles. The van der Waals surface area contributed by atoms with E-state index in [0.29, 0.717) is 26.9 Å². The van der Waals surface area contributed by atoms with E-state index in [0.717, 1.165) is 5.56 Å². The van der Waals surface area contributed by atoms with Crippen LogP contribution in [0.3, 0.4) is 0 Å². The fourth-order valence-electron chi connectivity index (χ4n) is 2.14. The molecule has 0 radical (unpaired) electrons. The molecular formula is C19H15Br2N3O3. The van der Waals surface area contributed by atoms with Gasteiger partial charge in [-0.1, -0.05) is 29.8 Å². The molecule has 0 bridgehead atoms. The Morgan fingerprint density at radius 2 is 1.81 bits per heavy atom. The first-order valence-electron chi connectivity index (χ1n) is 7.70. The number of hydrogen-bond acceptors (Lipinski definition) is 4. The molecule has 3 N–H and O–H groups in total. The van der Waals surface area contributed by atoms with Crippen molar-refractivity contribution < 1.29 is 14.3 Å². The minimum Gasteiger partial charge on any atom is -0.487 e. The molecule has 0 heterocycles. The lowest BCUT2D eigenvalue weighted by molar-refractivity contribution is -0.115. The second-order valence-corrected chi connectivity index (χ2v) is 7.28. The summed E-state index contributed by atoms with van der Waals surface area (Å²) in [5, 5.41) is 11.0. The van der Waals surface area contributed by atoms with Gasteiger partial charge < -0.3 is 10.5 Å². The molecule has 138 valence electrons. The number of primary amides is 1. The molecule has 6 nitrogen and oxygen atoms in total. The van der Waals surface area contributed by atoms with Crippen LogP contribution in [0.15, 0.2) is 50.9 Å². The molecular weight excluding hydrogens is 478 g/mol. The number of aryl methyl sites for hydroxylation is 1. The summed E-state index contributed by atoms with van der Waals surface area (Å²) in [6, 6.07) is 12.1. The van der Waals surface area contributed by atoms with E-state index in [1.54, 1.807) is 18.2 Å². The molecule has 0 saturated carbocycles. The third-order valence-corrected chi connectivity index (χ3v) is 4.62. The molecule has 2 aromatic carbocycles. The Hall–Kier alpha value is -2.63. The largest absolute Gasteiger partial charge is 0.487 e. The number of amides is 3. The predicted molar refractivity (Wildman–Crippen MR) is 109 cm³/mol. The van der Waals surface area contributed by atoms with Gasteiger partial charge in [-0.3, -0.25) is 10.1 Å². The Morgan fingerprint density at radius 3 is 2.33 bits per heavy atom. The molecule has 8 heteroatoms. The summed E-state index contributed by atoms with van der Waals surface area (Å²) in [5.74, 6) is -0.273. The van der Waals surface area contributed by atoms with Gasteiger partial charge >= 0.3 is 6.03 Å². The number of nitrogens with two attached hydrogens (primary N) is 1. The number of nitrogens with one attached hydrogen (secondary N) is 1. The maximum Gasteiger partial charge on any atom is 0.319 e. The average Bonchev–Trinajstić information content (AvgIpc) is 2.59. The van der Waals surface area contributed by atoms with Crippen LogP contribution in [0, 0.1) is 18.3 Å². The highest BCUT2D eigenvalue weighted by Crippen LogP contribution is 2.36. The van der Waals surface area contributed by atoms with E-state index in [2.05, 4.69) is 31.9 Å². The number of ether oxygens (including phenoxy) is 1. The van der Waals surface area contributed by atoms with Gasteiger partial charge in [0, 0.05) is 0 Å². The summed E-state index contributed by atoms with van der Waals surface area (Å²) in [7, 11) is 0. The summed E-state index contributed by atoms with van der Waals surface area (Å²) >= 11 is 6.86. The Kier molecular flexibility index (Phi) is 7.16. The van der Waals surface area contributed by atoms with E-state index in [1.807, 2.05) is 36.5 Å². The Labute approximate surface area is 173 Å². The second-order valence-electron chi connectivity index (χ2n) is 5.58. The number of nitriles is 1. The summed E-state index contributed by atoms with van der Waals surface area (Å²) in [4.78, 5) is 22.5. The molecule has 0 saturated heterocycles. The van der Waals surface area contributed by atoms with Gasteiger partial charge in [0.25, 0.3) is 5.91 Å². The minimum atomic E-state index is -1.02. The van der Waals surface area contributed by atoms with Crippen molar-refractivity contribution in [1.82, 2.24) is 5.32 Å². The number of benzene rings is 2. The number of urea groups is 1. The van der Waals surface area contributed by atoms with Crippen LogP contribution < -0.4 is 15.8 Å². The van der Waals surface area contributed by atoms with Crippen LogP contribution in [-0.2, 0) is 11.4 Å². The van der Waals surface area contributed by atoms with Crippen LogP contribution in [0.1, 0.15) is 16.7 Å². The van der Waals surface area contributed by atoms with Crippen LogP contribution in [0.4, 0.5) is 4.79 Å². The fourth-order valence-corrected chi connectivity index (χ4v) is 3.59. The highest BCUT2D eigenvalue weighted by Gasteiger charge is 2.13. The van der Waals surface area contributed by atoms with Crippen LogP contribution in [-0.4, -0.2) is 11.9 Å². The molecule has 0 aliphatic carbocycles. The van der Waals surface area contributed by atoms with Crippen molar-refractivity contribution >= 4 is 49.9 Å². The highest BCUT2D eigenvalue weighted by atomic mass is 79.9. The van der Waals surface area contributed by atoms with E-state index in [9.17, 15) is 9.59 Å². The van der Waals surface area contributed by atoms with Gasteiger partial charge in [0.1, 0.15) is 24.0 Å². The molecule has 27 heavy (non-hydrogen) atoms. The van der Waals surface area contributed by atoms with E-state index < -0.39 is 11.9 Å². The maximum atomic E-state index is 11.8. The number of halogens is 2. The third-order valence-electron chi connectivity index (χ3n) is 3.44. The van der Waals surface area contributed by atoms with Gasteiger partial charge in [0.2, 0.25) is 0 Å². The zero-order valence-electron chi connectivity index (χ0n) is 14.3. The van der Waals surface area contributed by atoms with E-state index in [1.165, 1.54) is 11.6 Å². The van der Waals surface area contributed by atoms with E-state index in [4.69, 9.17) is 15.7 Å². The van der Waals surface area contributed by atoms with E-state index >= 15 is 0 Å². The van der Waals surface area contributed by atoms with Crippen molar-refractivity contribution in [2.45, 2.75) is 13.5 Å². The Bertz CT molecular complexity index is 925. The molecule has 3 amide bonds. The summed E-state index contributed by atoms with van der Waals surface area (Å²) in [6.45, 7) is 2.40. The summed E-state index contributed by atoms with van der Waals surface area (Å²) in [6.07, 6.45) is 1.34. The minimum absolute atomic E-state index is 0.249. The molecule has 0 aliphatic rings. The summed E-state index contributed by atoms with van der Waals surface area (Å²) < 4.78 is 7.14. The quantitative estimate of drug-likeness (QED) is 0.481. The van der Waals surface area contributed by atoms with Gasteiger partial charge in [0.15, 0.2) is 0 Å². The van der Waals surface area contributed by atoms with E-state index in [-0.39, 0.29) is 5.57 Å². The molecule has 0 spiro atoms.